The van der Waals surface area contributed by atoms with Gasteiger partial charge in [-0.1, -0.05) is 74.5 Å². The van der Waals surface area contributed by atoms with Gasteiger partial charge in [-0.15, -0.1) is 0 Å². The predicted molar refractivity (Wildman–Crippen MR) is 298 cm³/mol. The highest BCUT2D eigenvalue weighted by Gasteiger charge is 2.33. The fourth-order valence-electron chi connectivity index (χ4n) is 7.47. The number of aliphatic hydroxyl groups excluding tert-OH is 1. The van der Waals surface area contributed by atoms with Gasteiger partial charge < -0.3 is 88.6 Å². The molecular formula is C49H83N19O7S. The van der Waals surface area contributed by atoms with Crippen molar-refractivity contribution in [2.24, 2.45) is 77.5 Å². The third-order valence-corrected chi connectivity index (χ3v) is 12.5. The van der Waals surface area contributed by atoms with Crippen molar-refractivity contribution < 1.29 is 33.9 Å². The van der Waals surface area contributed by atoms with Gasteiger partial charge in [-0.2, -0.15) is 11.8 Å². The Morgan fingerprint density at radius 1 is 0.487 bits per heavy atom. The third kappa shape index (κ3) is 28.3. The molecule has 0 aliphatic rings. The lowest BCUT2D eigenvalue weighted by molar-refractivity contribution is -0.135. The van der Waals surface area contributed by atoms with Crippen molar-refractivity contribution >= 4 is 71.0 Å². The molecule has 0 saturated heterocycles. The van der Waals surface area contributed by atoms with Crippen LogP contribution in [0.25, 0.3) is 0 Å². The number of thioether (sulfide) groups is 1. The van der Waals surface area contributed by atoms with Crippen LogP contribution in [0.3, 0.4) is 0 Å². The van der Waals surface area contributed by atoms with Crippen molar-refractivity contribution in [1.82, 2.24) is 31.9 Å². The number of benzene rings is 2. The lowest BCUT2D eigenvalue weighted by Gasteiger charge is -2.28. The lowest BCUT2D eigenvalue weighted by atomic mass is 10.0. The molecule has 0 fully saturated rings. The van der Waals surface area contributed by atoms with Crippen LogP contribution in [0.4, 0.5) is 0 Å². The van der Waals surface area contributed by atoms with Crippen LogP contribution in [0.15, 0.2) is 80.6 Å². The number of amides is 6. The first-order valence-corrected chi connectivity index (χ1v) is 26.4. The Balaban J connectivity index is 2.52. The highest BCUT2D eigenvalue weighted by Crippen LogP contribution is 2.14. The van der Waals surface area contributed by atoms with Gasteiger partial charge in [0, 0.05) is 44.1 Å². The zero-order chi connectivity index (χ0) is 56.4. The van der Waals surface area contributed by atoms with Crippen LogP contribution in [-0.2, 0) is 40.9 Å². The molecule has 7 atom stereocenters. The minimum Gasteiger partial charge on any atom is -0.394 e. The van der Waals surface area contributed by atoms with E-state index >= 15 is 0 Å². The van der Waals surface area contributed by atoms with Gasteiger partial charge in [-0.3, -0.25) is 48.7 Å². The molecule has 2 aromatic carbocycles. The first-order valence-electron chi connectivity index (χ1n) is 25.2. The summed E-state index contributed by atoms with van der Waals surface area (Å²) in [5, 5.41) is 26.9. The predicted octanol–water partition coefficient (Wildman–Crippen LogP) is -3.35. The van der Waals surface area contributed by atoms with Gasteiger partial charge in [0.05, 0.1) is 18.7 Å². The summed E-state index contributed by atoms with van der Waals surface area (Å²) in [6, 6.07) is 10.7. The molecule has 0 radical (unpaired) electrons. The number of rotatable bonds is 37. The minimum atomic E-state index is -1.36. The van der Waals surface area contributed by atoms with E-state index in [1.807, 2.05) is 50.2 Å². The van der Waals surface area contributed by atoms with E-state index in [1.165, 1.54) is 11.8 Å². The summed E-state index contributed by atoms with van der Waals surface area (Å²) in [7, 11) is 0. The van der Waals surface area contributed by atoms with Gasteiger partial charge in [0.1, 0.15) is 30.2 Å². The molecule has 0 aliphatic carbocycles. The second-order valence-corrected chi connectivity index (χ2v) is 19.4. The Bertz CT molecular complexity index is 2210. The average Bonchev–Trinajstić information content (AvgIpc) is 3.36. The Kier molecular flexibility index (Phi) is 31.1. The van der Waals surface area contributed by atoms with Crippen molar-refractivity contribution in [2.45, 2.75) is 126 Å². The van der Waals surface area contributed by atoms with Crippen molar-refractivity contribution in [2.75, 3.05) is 38.5 Å². The molecular weight excluding hydrogens is 999 g/mol. The van der Waals surface area contributed by atoms with E-state index in [0.717, 1.165) is 5.56 Å². The molecule has 422 valence electrons. The van der Waals surface area contributed by atoms with E-state index < -0.39 is 77.7 Å². The Morgan fingerprint density at radius 2 is 0.816 bits per heavy atom. The summed E-state index contributed by atoms with van der Waals surface area (Å²) in [6.45, 7) is 3.75. The van der Waals surface area contributed by atoms with Gasteiger partial charge in [0.15, 0.2) is 23.8 Å². The topological polar surface area (TPSA) is 478 Å². The van der Waals surface area contributed by atoms with E-state index in [-0.39, 0.29) is 120 Å². The standard InChI is InChI=1S/C49H83N19O7S/c1-30(2)25-34(50)40(70)64-35(17-9-21-59-46(51)52)41(71)65-36(18-10-22-60-47(53)54)42(72)66-37(19-11-23-61-48(55)56)43(73)67-38(20-12-24-62-49(57)58)44(74)68-39(26-31-13-5-3-6-14-31)45(75)63-33(27-69)29-76-28-32-15-7-4-8-16-32/h3-8,13-16,30,33-39,69H,9-12,17-29,50H2,1-2H3,(H,63,75)(H,64,70)(H,65,71)(H,66,72)(H,67,73)(H,68,74)(H4,51,52,59)(H4,53,54,60)(H4,55,56,61)(H4,57,58,62)/t33-,34-,35-,36-,37-,38-,39-/m0/s1. The van der Waals surface area contributed by atoms with E-state index in [9.17, 15) is 33.9 Å². The van der Waals surface area contributed by atoms with Crippen LogP contribution in [-0.4, -0.2) is 145 Å². The van der Waals surface area contributed by atoms with Crippen molar-refractivity contribution in [1.29, 1.82) is 0 Å². The fourth-order valence-corrected chi connectivity index (χ4v) is 8.49. The second-order valence-electron chi connectivity index (χ2n) is 18.4. The Morgan fingerprint density at radius 3 is 1.16 bits per heavy atom. The average molecular weight is 1080 g/mol. The zero-order valence-electron chi connectivity index (χ0n) is 43.7. The zero-order valence-corrected chi connectivity index (χ0v) is 44.5. The highest BCUT2D eigenvalue weighted by atomic mass is 32.2. The van der Waals surface area contributed by atoms with Crippen molar-refractivity contribution in [3.8, 4) is 0 Å². The number of nitrogens with zero attached hydrogens (tertiary/aromatic N) is 4. The number of nitrogens with one attached hydrogen (secondary N) is 6. The molecule has 0 unspecified atom stereocenters. The maximum atomic E-state index is 14.5. The number of aliphatic imine (C=N–C) groups is 4. The Hall–Kier alpha value is -7.39. The molecule has 6 amide bonds. The molecule has 27 heteroatoms. The van der Waals surface area contributed by atoms with E-state index in [2.05, 4.69) is 51.9 Å². The van der Waals surface area contributed by atoms with Crippen LogP contribution >= 0.6 is 11.8 Å². The normalized spacial score (nSPS) is 13.6. The molecule has 0 aliphatic heterocycles. The number of carbonyl (C=O) groups is 6. The molecule has 76 heavy (non-hydrogen) atoms. The Labute approximate surface area is 449 Å². The summed E-state index contributed by atoms with van der Waals surface area (Å²) < 4.78 is 0. The summed E-state index contributed by atoms with van der Waals surface area (Å²) in [4.78, 5) is 101. The van der Waals surface area contributed by atoms with Crippen LogP contribution < -0.4 is 83.5 Å². The van der Waals surface area contributed by atoms with Gasteiger partial charge in [-0.25, -0.2) is 0 Å². The SMILES string of the molecule is CC(C)C[C@H](N)C(=O)N[C@@H](CCCN=C(N)N)C(=O)N[C@@H](CCCN=C(N)N)C(=O)N[C@@H](CCCN=C(N)N)C(=O)N[C@@H](CCCN=C(N)N)C(=O)N[C@@H](Cc1ccccc1)C(=O)N[C@@H](CO)CSCc1ccccc1. The van der Waals surface area contributed by atoms with Crippen LogP contribution in [0.5, 0.6) is 0 Å². The van der Waals surface area contributed by atoms with Gasteiger partial charge in [0.25, 0.3) is 0 Å². The van der Waals surface area contributed by atoms with E-state index in [1.54, 1.807) is 24.3 Å². The van der Waals surface area contributed by atoms with Crippen LogP contribution in [0, 0.1) is 5.92 Å². The quantitative estimate of drug-likeness (QED) is 0.0179. The van der Waals surface area contributed by atoms with E-state index in [0.29, 0.717) is 23.5 Å². The monoisotopic (exact) mass is 1080 g/mol. The summed E-state index contributed by atoms with van der Waals surface area (Å²) in [6.07, 6.45) is 1.09. The minimum absolute atomic E-state index is 0.0291. The fraction of sp³-hybridized carbons (Fsp3) is 0.551. The number of hydrogen-bond acceptors (Lipinski definition) is 13. The van der Waals surface area contributed by atoms with Crippen LogP contribution in [0.1, 0.15) is 82.8 Å². The van der Waals surface area contributed by atoms with Gasteiger partial charge in [-0.05, 0) is 74.8 Å². The van der Waals surface area contributed by atoms with Gasteiger partial charge >= 0.3 is 0 Å². The molecule has 2 aromatic rings. The number of carbonyl (C=O) groups excluding carboxylic acids is 6. The highest BCUT2D eigenvalue weighted by molar-refractivity contribution is 7.98. The van der Waals surface area contributed by atoms with Crippen molar-refractivity contribution in [3.63, 3.8) is 0 Å². The summed E-state index contributed by atoms with van der Waals surface area (Å²) in [5.74, 6) is -3.95. The largest absolute Gasteiger partial charge is 0.394 e. The number of aliphatic hydroxyl groups is 1. The number of nitrogens with two attached hydrogens (primary N) is 9. The molecule has 0 aromatic heterocycles. The third-order valence-electron chi connectivity index (χ3n) is 11.3. The molecule has 0 spiro atoms. The smallest absolute Gasteiger partial charge is 0.243 e. The first-order chi connectivity index (χ1) is 36.2. The number of hydrogen-bond donors (Lipinski definition) is 16. The maximum absolute atomic E-state index is 14.5. The second kappa shape index (κ2) is 36.5. The summed E-state index contributed by atoms with van der Waals surface area (Å²) >= 11 is 1.52. The lowest BCUT2D eigenvalue weighted by Crippen LogP contribution is -2.60. The molecule has 0 heterocycles. The number of guanidine groups is 4. The molecule has 0 saturated carbocycles. The molecule has 25 N–H and O–H groups in total. The van der Waals surface area contributed by atoms with Crippen molar-refractivity contribution in [3.05, 3.63) is 71.8 Å². The maximum Gasteiger partial charge on any atom is 0.243 e. The van der Waals surface area contributed by atoms with Gasteiger partial charge in [0.2, 0.25) is 35.4 Å². The summed E-state index contributed by atoms with van der Waals surface area (Å²) in [5.41, 5.74) is 52.3. The molecule has 0 bridgehead atoms. The molecule has 2 rings (SSSR count). The first kappa shape index (κ1) is 64.7. The molecule has 26 nitrogen and oxygen atoms in total. The van der Waals surface area contributed by atoms with E-state index in [4.69, 9.17) is 51.6 Å². The van der Waals surface area contributed by atoms with Crippen LogP contribution in [0.2, 0.25) is 0 Å².